The van der Waals surface area contributed by atoms with Gasteiger partial charge in [0, 0.05) is 24.4 Å². The molecule has 0 radical (unpaired) electrons. The number of aromatic nitrogens is 1. The normalized spacial score (nSPS) is 16.9. The predicted molar refractivity (Wildman–Crippen MR) is 107 cm³/mol. The van der Waals surface area contributed by atoms with Gasteiger partial charge in [-0.2, -0.15) is 0 Å². The summed E-state index contributed by atoms with van der Waals surface area (Å²) in [4.78, 5) is 19.5. The highest BCUT2D eigenvalue weighted by atomic mass is 16.5. The molecule has 2 aromatic rings. The van der Waals surface area contributed by atoms with Crippen LogP contribution < -0.4 is 10.1 Å². The number of likely N-dealkylation sites (tertiary alicyclic amines) is 1. The SMILES string of the molecule is COc1ccc([C@@H](NC(=O)C2CCN(C(C)C)CC2)c2ccncc2)cc1. The van der Waals surface area contributed by atoms with Crippen LogP contribution in [0.25, 0.3) is 0 Å². The van der Waals surface area contributed by atoms with Crippen molar-refractivity contribution >= 4 is 5.91 Å². The van der Waals surface area contributed by atoms with Gasteiger partial charge in [0.05, 0.1) is 13.2 Å². The van der Waals surface area contributed by atoms with E-state index in [4.69, 9.17) is 4.74 Å². The Hall–Kier alpha value is -2.40. The van der Waals surface area contributed by atoms with Crippen molar-refractivity contribution in [3.63, 3.8) is 0 Å². The molecule has 1 aliphatic rings. The first-order valence-electron chi connectivity index (χ1n) is 9.66. The number of methoxy groups -OCH3 is 1. The molecule has 1 aromatic heterocycles. The van der Waals surface area contributed by atoms with Crippen LogP contribution in [0.4, 0.5) is 0 Å². The number of carbonyl (C=O) groups is 1. The van der Waals surface area contributed by atoms with Crippen molar-refractivity contribution in [3.05, 3.63) is 59.9 Å². The summed E-state index contributed by atoms with van der Waals surface area (Å²) in [5, 5.41) is 3.27. The van der Waals surface area contributed by atoms with Crippen LogP contribution in [0.1, 0.15) is 43.9 Å². The Morgan fingerprint density at radius 1 is 1.07 bits per heavy atom. The van der Waals surface area contributed by atoms with Gasteiger partial charge < -0.3 is 15.0 Å². The maximum Gasteiger partial charge on any atom is 0.223 e. The molecule has 2 heterocycles. The Kier molecular flexibility index (Phi) is 6.45. The highest BCUT2D eigenvalue weighted by molar-refractivity contribution is 5.79. The first-order valence-corrected chi connectivity index (χ1v) is 9.66. The fourth-order valence-electron chi connectivity index (χ4n) is 3.65. The molecule has 1 N–H and O–H groups in total. The summed E-state index contributed by atoms with van der Waals surface area (Å²) < 4.78 is 5.26. The fraction of sp³-hybridized carbons (Fsp3) is 0.455. The van der Waals surface area contributed by atoms with Gasteiger partial charge in [0.1, 0.15) is 5.75 Å². The van der Waals surface area contributed by atoms with Crippen molar-refractivity contribution < 1.29 is 9.53 Å². The molecule has 1 atom stereocenters. The van der Waals surface area contributed by atoms with E-state index >= 15 is 0 Å². The van der Waals surface area contributed by atoms with Crippen molar-refractivity contribution in [2.24, 2.45) is 5.92 Å². The zero-order valence-corrected chi connectivity index (χ0v) is 16.4. The number of pyridine rings is 1. The Bertz CT molecular complexity index is 723. The first kappa shape index (κ1) is 19.4. The Labute approximate surface area is 161 Å². The fourth-order valence-corrected chi connectivity index (χ4v) is 3.65. The molecule has 0 unspecified atom stereocenters. The standard InChI is InChI=1S/C22H29N3O2/c1-16(2)25-14-10-19(11-15-25)22(26)24-21(18-8-12-23-13-9-18)17-4-6-20(27-3)7-5-17/h4-9,12-13,16,19,21H,10-11,14-15H2,1-3H3,(H,24,26)/t21-/m1/s1. The highest BCUT2D eigenvalue weighted by Crippen LogP contribution is 2.26. The van der Waals surface area contributed by atoms with E-state index in [1.54, 1.807) is 19.5 Å². The zero-order valence-electron chi connectivity index (χ0n) is 16.4. The van der Waals surface area contributed by atoms with Crippen LogP contribution in [0.2, 0.25) is 0 Å². The lowest BCUT2D eigenvalue weighted by atomic mass is 9.93. The molecule has 1 aliphatic heterocycles. The topological polar surface area (TPSA) is 54.5 Å². The molecule has 3 rings (SSSR count). The summed E-state index contributed by atoms with van der Waals surface area (Å²) in [6, 6.07) is 12.1. The number of piperidine rings is 1. The number of carbonyl (C=O) groups excluding carboxylic acids is 1. The summed E-state index contributed by atoms with van der Waals surface area (Å²) in [7, 11) is 1.65. The van der Waals surface area contributed by atoms with Gasteiger partial charge in [-0.3, -0.25) is 9.78 Å². The highest BCUT2D eigenvalue weighted by Gasteiger charge is 2.28. The second kappa shape index (κ2) is 9.00. The van der Waals surface area contributed by atoms with E-state index in [1.165, 1.54) is 0 Å². The number of nitrogens with one attached hydrogen (secondary N) is 1. The van der Waals surface area contributed by atoms with Crippen LogP contribution in [0.3, 0.4) is 0 Å². The number of hydrogen-bond donors (Lipinski definition) is 1. The summed E-state index contributed by atoms with van der Waals surface area (Å²) in [6.07, 6.45) is 5.35. The van der Waals surface area contributed by atoms with E-state index in [-0.39, 0.29) is 17.9 Å². The molecule has 1 amide bonds. The van der Waals surface area contributed by atoms with Gasteiger partial charge in [-0.25, -0.2) is 0 Å². The molecule has 1 fully saturated rings. The predicted octanol–water partition coefficient (Wildman–Crippen LogP) is 3.42. The molecule has 5 heteroatoms. The third-order valence-corrected chi connectivity index (χ3v) is 5.41. The second-order valence-corrected chi connectivity index (χ2v) is 7.40. The van der Waals surface area contributed by atoms with Gasteiger partial charge in [0.2, 0.25) is 5.91 Å². The molecule has 0 saturated carbocycles. The van der Waals surface area contributed by atoms with Crippen molar-refractivity contribution in [2.75, 3.05) is 20.2 Å². The molecule has 144 valence electrons. The van der Waals surface area contributed by atoms with Gasteiger partial charge >= 0.3 is 0 Å². The second-order valence-electron chi connectivity index (χ2n) is 7.40. The minimum atomic E-state index is -0.186. The van der Waals surface area contributed by atoms with E-state index in [2.05, 4.69) is 29.0 Å². The van der Waals surface area contributed by atoms with Gasteiger partial charge in [-0.1, -0.05) is 12.1 Å². The van der Waals surface area contributed by atoms with Crippen LogP contribution in [-0.4, -0.2) is 42.0 Å². The monoisotopic (exact) mass is 367 g/mol. The third kappa shape index (κ3) is 4.86. The molecule has 1 aromatic carbocycles. The minimum Gasteiger partial charge on any atom is -0.497 e. The summed E-state index contributed by atoms with van der Waals surface area (Å²) in [6.45, 7) is 6.39. The molecule has 0 spiro atoms. The van der Waals surface area contributed by atoms with Crippen LogP contribution in [0.15, 0.2) is 48.8 Å². The average Bonchev–Trinajstić information content (AvgIpc) is 2.72. The molecule has 27 heavy (non-hydrogen) atoms. The molecular formula is C22H29N3O2. The Morgan fingerprint density at radius 2 is 1.67 bits per heavy atom. The number of nitrogens with zero attached hydrogens (tertiary/aromatic N) is 2. The first-order chi connectivity index (χ1) is 13.1. The Morgan fingerprint density at radius 3 is 2.22 bits per heavy atom. The largest absolute Gasteiger partial charge is 0.497 e. The number of hydrogen-bond acceptors (Lipinski definition) is 4. The van der Waals surface area contributed by atoms with Crippen LogP contribution in [0, 0.1) is 5.92 Å². The lowest BCUT2D eigenvalue weighted by molar-refractivity contribution is -0.127. The number of ether oxygens (including phenoxy) is 1. The molecule has 1 saturated heterocycles. The van der Waals surface area contributed by atoms with Crippen molar-refractivity contribution in [3.8, 4) is 5.75 Å². The smallest absolute Gasteiger partial charge is 0.223 e. The van der Waals surface area contributed by atoms with Gasteiger partial charge in [-0.05, 0) is 75.2 Å². The number of rotatable bonds is 6. The van der Waals surface area contributed by atoms with Crippen LogP contribution >= 0.6 is 0 Å². The third-order valence-electron chi connectivity index (χ3n) is 5.41. The van der Waals surface area contributed by atoms with E-state index in [1.807, 2.05) is 36.4 Å². The molecular weight excluding hydrogens is 338 g/mol. The summed E-state index contributed by atoms with van der Waals surface area (Å²) in [5.74, 6) is 1.01. The van der Waals surface area contributed by atoms with Crippen molar-refractivity contribution in [2.45, 2.75) is 38.8 Å². The van der Waals surface area contributed by atoms with Crippen LogP contribution in [0.5, 0.6) is 5.75 Å². The van der Waals surface area contributed by atoms with Gasteiger partial charge in [0.25, 0.3) is 0 Å². The lowest BCUT2D eigenvalue weighted by Crippen LogP contribution is -2.43. The number of amides is 1. The quantitative estimate of drug-likeness (QED) is 0.850. The average molecular weight is 367 g/mol. The summed E-state index contributed by atoms with van der Waals surface area (Å²) >= 11 is 0. The van der Waals surface area contributed by atoms with Crippen molar-refractivity contribution in [1.82, 2.24) is 15.2 Å². The van der Waals surface area contributed by atoms with Crippen molar-refractivity contribution in [1.29, 1.82) is 0 Å². The summed E-state index contributed by atoms with van der Waals surface area (Å²) in [5.41, 5.74) is 2.07. The minimum absolute atomic E-state index is 0.0718. The van der Waals surface area contributed by atoms with Gasteiger partial charge in [-0.15, -0.1) is 0 Å². The van der Waals surface area contributed by atoms with Crippen LogP contribution in [-0.2, 0) is 4.79 Å². The maximum absolute atomic E-state index is 13.0. The van der Waals surface area contributed by atoms with Gasteiger partial charge in [0.15, 0.2) is 0 Å². The molecule has 0 bridgehead atoms. The Balaban J connectivity index is 1.74. The lowest BCUT2D eigenvalue weighted by Gasteiger charge is -2.34. The maximum atomic E-state index is 13.0. The van der Waals surface area contributed by atoms with E-state index in [9.17, 15) is 4.79 Å². The molecule has 5 nitrogen and oxygen atoms in total. The van der Waals surface area contributed by atoms with E-state index in [0.717, 1.165) is 42.8 Å². The van der Waals surface area contributed by atoms with E-state index < -0.39 is 0 Å². The molecule has 0 aliphatic carbocycles. The number of benzene rings is 1. The zero-order chi connectivity index (χ0) is 19.2. The van der Waals surface area contributed by atoms with E-state index in [0.29, 0.717) is 6.04 Å².